The number of carbonyl (C=O) groups excluding carboxylic acids is 2. The summed E-state index contributed by atoms with van der Waals surface area (Å²) in [7, 11) is 1.50. The maximum atomic E-state index is 11.5. The van der Waals surface area contributed by atoms with Gasteiger partial charge in [0.15, 0.2) is 0 Å². The summed E-state index contributed by atoms with van der Waals surface area (Å²) in [6.07, 6.45) is 1.15. The van der Waals surface area contributed by atoms with Crippen LogP contribution < -0.4 is 5.32 Å². The Hall–Kier alpha value is -2.44. The molecule has 0 fully saturated rings. The van der Waals surface area contributed by atoms with E-state index >= 15 is 0 Å². The number of likely N-dealkylation sites (N-methyl/N-ethyl adjacent to an activating group) is 1. The zero-order valence-electron chi connectivity index (χ0n) is 10.0. The average molecular weight is 251 g/mol. The van der Waals surface area contributed by atoms with Crippen LogP contribution in [0.5, 0.6) is 0 Å². The van der Waals surface area contributed by atoms with Crippen LogP contribution in [-0.2, 0) is 9.59 Å². The van der Waals surface area contributed by atoms with Crippen LogP contribution in [0.4, 0.5) is 5.82 Å². The molecular formula is C11H13N3O4. The van der Waals surface area contributed by atoms with Crippen LogP contribution in [0.3, 0.4) is 0 Å². The third-order valence-corrected chi connectivity index (χ3v) is 2.20. The van der Waals surface area contributed by atoms with E-state index in [2.05, 4.69) is 10.3 Å². The summed E-state index contributed by atoms with van der Waals surface area (Å²) in [5, 5.41) is 11.1. The van der Waals surface area contributed by atoms with Crippen LogP contribution in [0, 0.1) is 0 Å². The third-order valence-electron chi connectivity index (χ3n) is 2.20. The molecule has 0 saturated heterocycles. The minimum absolute atomic E-state index is 0.0360. The van der Waals surface area contributed by atoms with Gasteiger partial charge >= 0.3 is 5.97 Å². The lowest BCUT2D eigenvalue weighted by Gasteiger charge is -2.13. The van der Waals surface area contributed by atoms with E-state index in [0.29, 0.717) is 0 Å². The Morgan fingerprint density at radius 3 is 2.50 bits per heavy atom. The van der Waals surface area contributed by atoms with Crippen molar-refractivity contribution in [3.63, 3.8) is 0 Å². The van der Waals surface area contributed by atoms with Crippen molar-refractivity contribution in [3.05, 3.63) is 23.9 Å². The van der Waals surface area contributed by atoms with Crippen LogP contribution in [0.15, 0.2) is 18.3 Å². The lowest BCUT2D eigenvalue weighted by atomic mass is 10.3. The summed E-state index contributed by atoms with van der Waals surface area (Å²) in [6.45, 7) is 1.27. The highest BCUT2D eigenvalue weighted by Crippen LogP contribution is 2.05. The summed E-state index contributed by atoms with van der Waals surface area (Å²) >= 11 is 0. The third kappa shape index (κ3) is 3.85. The first kappa shape index (κ1) is 13.6. The van der Waals surface area contributed by atoms with Gasteiger partial charge in [-0.1, -0.05) is 0 Å². The van der Waals surface area contributed by atoms with Gasteiger partial charge in [-0.2, -0.15) is 0 Å². The standard InChI is InChI=1S/C11H13N3O4/c1-7(15)14(2)6-10(16)13-9-4-3-8(5-12-9)11(17)18/h3-5H,6H2,1-2H3,(H,17,18)(H,12,13,16). The molecule has 1 aromatic rings. The van der Waals surface area contributed by atoms with Crippen molar-refractivity contribution < 1.29 is 19.5 Å². The molecule has 0 aliphatic heterocycles. The Bertz CT molecular complexity index is 470. The van der Waals surface area contributed by atoms with Crippen molar-refractivity contribution >= 4 is 23.6 Å². The van der Waals surface area contributed by atoms with Crippen molar-refractivity contribution in [2.75, 3.05) is 18.9 Å². The topological polar surface area (TPSA) is 99.6 Å². The minimum atomic E-state index is -1.09. The quantitative estimate of drug-likeness (QED) is 0.796. The van der Waals surface area contributed by atoms with Gasteiger partial charge in [-0.05, 0) is 12.1 Å². The monoisotopic (exact) mass is 251 g/mol. The van der Waals surface area contributed by atoms with E-state index < -0.39 is 11.9 Å². The van der Waals surface area contributed by atoms with Crippen LogP contribution in [0.1, 0.15) is 17.3 Å². The van der Waals surface area contributed by atoms with Crippen molar-refractivity contribution in [1.29, 1.82) is 0 Å². The number of carboxylic acid groups (broad SMARTS) is 1. The van der Waals surface area contributed by atoms with E-state index in [-0.39, 0.29) is 23.8 Å². The fraction of sp³-hybridized carbons (Fsp3) is 0.273. The molecule has 18 heavy (non-hydrogen) atoms. The maximum Gasteiger partial charge on any atom is 0.337 e. The number of nitrogens with one attached hydrogen (secondary N) is 1. The second kappa shape index (κ2) is 5.76. The largest absolute Gasteiger partial charge is 0.478 e. The number of hydrogen-bond acceptors (Lipinski definition) is 4. The first-order valence-corrected chi connectivity index (χ1v) is 5.11. The SMILES string of the molecule is CC(=O)N(C)CC(=O)Nc1ccc(C(=O)O)cn1. The average Bonchev–Trinajstić information content (AvgIpc) is 2.29. The van der Waals surface area contributed by atoms with E-state index in [1.54, 1.807) is 0 Å². The van der Waals surface area contributed by atoms with E-state index in [1.807, 2.05) is 0 Å². The number of nitrogens with zero attached hydrogens (tertiary/aromatic N) is 2. The summed E-state index contributed by atoms with van der Waals surface area (Å²) in [4.78, 5) is 38.0. The number of hydrogen-bond donors (Lipinski definition) is 2. The molecule has 1 aromatic heterocycles. The molecule has 0 aliphatic carbocycles. The highest BCUT2D eigenvalue weighted by molar-refractivity contribution is 5.94. The number of carboxylic acids is 1. The Labute approximate surface area is 103 Å². The summed E-state index contributed by atoms with van der Waals surface area (Å²) in [5.41, 5.74) is 0.0360. The second-order valence-corrected chi connectivity index (χ2v) is 3.66. The fourth-order valence-corrected chi connectivity index (χ4v) is 1.10. The normalized spacial score (nSPS) is 9.67. The van der Waals surface area contributed by atoms with Crippen LogP contribution in [0.25, 0.3) is 0 Å². The second-order valence-electron chi connectivity index (χ2n) is 3.66. The highest BCUT2D eigenvalue weighted by Gasteiger charge is 2.10. The molecule has 1 heterocycles. The van der Waals surface area contributed by atoms with Crippen LogP contribution in [0.2, 0.25) is 0 Å². The van der Waals surface area contributed by atoms with Gasteiger partial charge in [-0.15, -0.1) is 0 Å². The number of carbonyl (C=O) groups is 3. The molecule has 0 saturated carbocycles. The number of anilines is 1. The zero-order valence-corrected chi connectivity index (χ0v) is 10.0. The van der Waals surface area contributed by atoms with Gasteiger partial charge < -0.3 is 15.3 Å². The van der Waals surface area contributed by atoms with Gasteiger partial charge in [-0.3, -0.25) is 9.59 Å². The lowest BCUT2D eigenvalue weighted by Crippen LogP contribution is -2.33. The molecule has 0 unspecified atom stereocenters. The van der Waals surface area contributed by atoms with Gasteiger partial charge in [0.2, 0.25) is 11.8 Å². The molecule has 96 valence electrons. The van der Waals surface area contributed by atoms with E-state index in [0.717, 1.165) is 6.20 Å². The van der Waals surface area contributed by atoms with Gasteiger partial charge in [0.05, 0.1) is 12.1 Å². The van der Waals surface area contributed by atoms with Crippen LogP contribution >= 0.6 is 0 Å². The molecule has 0 atom stereocenters. The molecule has 2 N–H and O–H groups in total. The fourth-order valence-electron chi connectivity index (χ4n) is 1.10. The molecule has 0 spiro atoms. The molecule has 0 radical (unpaired) electrons. The van der Waals surface area contributed by atoms with Gasteiger partial charge in [-0.25, -0.2) is 9.78 Å². The summed E-state index contributed by atoms with van der Waals surface area (Å²) < 4.78 is 0. The molecule has 7 heteroatoms. The smallest absolute Gasteiger partial charge is 0.337 e. The molecule has 0 aromatic carbocycles. The van der Waals surface area contributed by atoms with Gasteiger partial charge in [0.1, 0.15) is 5.82 Å². The number of aromatic nitrogens is 1. The summed E-state index contributed by atoms with van der Waals surface area (Å²) in [5.74, 6) is -1.47. The molecule has 2 amide bonds. The predicted molar refractivity (Wildman–Crippen MR) is 63.1 cm³/mol. The van der Waals surface area contributed by atoms with Crippen molar-refractivity contribution in [3.8, 4) is 0 Å². The number of aromatic carboxylic acids is 1. The molecule has 1 rings (SSSR count). The minimum Gasteiger partial charge on any atom is -0.478 e. The molecular weight excluding hydrogens is 238 g/mol. The van der Waals surface area contributed by atoms with Crippen molar-refractivity contribution in [2.24, 2.45) is 0 Å². The zero-order chi connectivity index (χ0) is 13.7. The molecule has 0 bridgehead atoms. The summed E-state index contributed by atoms with van der Waals surface area (Å²) in [6, 6.07) is 2.72. The molecule has 7 nitrogen and oxygen atoms in total. The Balaban J connectivity index is 2.60. The van der Waals surface area contributed by atoms with Crippen molar-refractivity contribution in [2.45, 2.75) is 6.92 Å². The van der Waals surface area contributed by atoms with E-state index in [4.69, 9.17) is 5.11 Å². The number of pyridine rings is 1. The Kier molecular flexibility index (Phi) is 4.36. The first-order valence-electron chi connectivity index (χ1n) is 5.11. The van der Waals surface area contributed by atoms with Crippen LogP contribution in [-0.4, -0.2) is 46.4 Å². The Morgan fingerprint density at radius 1 is 1.39 bits per heavy atom. The number of rotatable bonds is 4. The predicted octanol–water partition coefficient (Wildman–Crippen LogP) is 0.197. The van der Waals surface area contributed by atoms with E-state index in [1.165, 1.54) is 31.0 Å². The number of amides is 2. The van der Waals surface area contributed by atoms with E-state index in [9.17, 15) is 14.4 Å². The van der Waals surface area contributed by atoms with Gasteiger partial charge in [0.25, 0.3) is 0 Å². The maximum absolute atomic E-state index is 11.5. The lowest BCUT2D eigenvalue weighted by molar-refractivity contribution is -0.131. The van der Waals surface area contributed by atoms with Gasteiger partial charge in [0, 0.05) is 20.2 Å². The Morgan fingerprint density at radius 2 is 2.06 bits per heavy atom. The molecule has 0 aliphatic rings. The van der Waals surface area contributed by atoms with Crippen molar-refractivity contribution in [1.82, 2.24) is 9.88 Å². The highest BCUT2D eigenvalue weighted by atomic mass is 16.4. The first-order chi connectivity index (χ1) is 8.40.